The molecule has 1 aromatic heterocycles. The van der Waals surface area contributed by atoms with Crippen LogP contribution in [0, 0.1) is 0 Å². The number of pyridine rings is 1. The molecule has 5 nitrogen and oxygen atoms in total. The predicted octanol–water partition coefficient (Wildman–Crippen LogP) is 1.62. The topological polar surface area (TPSA) is 60.5 Å². The molecule has 0 unspecified atom stereocenters. The molecule has 0 saturated carbocycles. The highest BCUT2D eigenvalue weighted by molar-refractivity contribution is 5.97. The molecule has 1 N–H and O–H groups in total. The lowest BCUT2D eigenvalue weighted by molar-refractivity contribution is 0.0937. The number of rotatable bonds is 5. The van der Waals surface area contributed by atoms with Gasteiger partial charge in [-0.3, -0.25) is 9.78 Å². The van der Waals surface area contributed by atoms with Gasteiger partial charge in [0.05, 0.1) is 24.8 Å². The van der Waals surface area contributed by atoms with Gasteiger partial charge < -0.3 is 14.8 Å². The summed E-state index contributed by atoms with van der Waals surface area (Å²) >= 11 is 0. The van der Waals surface area contributed by atoms with E-state index in [0.29, 0.717) is 18.7 Å². The Hall–Kier alpha value is -2.14. The highest BCUT2D eigenvalue weighted by Crippen LogP contribution is 2.19. The van der Waals surface area contributed by atoms with Crippen LogP contribution in [0.4, 0.5) is 0 Å². The molecule has 0 spiro atoms. The molecule has 2 rings (SSSR count). The molecule has 5 heteroatoms. The fraction of sp³-hybridized carbons (Fsp3) is 0.286. The second-order valence-electron chi connectivity index (χ2n) is 4.03. The molecule has 0 aliphatic heterocycles. The number of carbonyl (C=O) groups excluding carboxylic acids is 1. The number of nitrogens with one attached hydrogen (secondary N) is 1. The summed E-state index contributed by atoms with van der Waals surface area (Å²) in [6, 6.07) is 7.37. The Bertz CT molecular complexity index is 584. The zero-order chi connectivity index (χ0) is 13.7. The van der Waals surface area contributed by atoms with Crippen molar-refractivity contribution < 1.29 is 14.3 Å². The van der Waals surface area contributed by atoms with E-state index in [1.165, 1.54) is 0 Å². The van der Waals surface area contributed by atoms with Crippen molar-refractivity contribution in [3.8, 4) is 5.75 Å². The number of benzene rings is 1. The van der Waals surface area contributed by atoms with Gasteiger partial charge in [-0.15, -0.1) is 0 Å². The van der Waals surface area contributed by atoms with Crippen molar-refractivity contribution in [3.05, 3.63) is 36.0 Å². The molecule has 100 valence electrons. The summed E-state index contributed by atoms with van der Waals surface area (Å²) in [4.78, 5) is 16.1. The fourth-order valence-electron chi connectivity index (χ4n) is 1.72. The third-order valence-corrected chi connectivity index (χ3v) is 2.75. The summed E-state index contributed by atoms with van der Waals surface area (Å²) in [6.45, 7) is 0.972. The molecule has 0 radical (unpaired) electrons. The van der Waals surface area contributed by atoms with Gasteiger partial charge in [0.25, 0.3) is 5.91 Å². The van der Waals surface area contributed by atoms with Crippen molar-refractivity contribution >= 4 is 16.8 Å². The van der Waals surface area contributed by atoms with Gasteiger partial charge in [0.2, 0.25) is 0 Å². The number of fused-ring (bicyclic) bond motifs is 1. The van der Waals surface area contributed by atoms with Gasteiger partial charge in [-0.1, -0.05) is 0 Å². The van der Waals surface area contributed by atoms with Gasteiger partial charge in [-0.05, 0) is 18.2 Å². The molecule has 0 aliphatic carbocycles. The van der Waals surface area contributed by atoms with Crippen LogP contribution in [0.25, 0.3) is 10.9 Å². The summed E-state index contributed by atoms with van der Waals surface area (Å²) in [7, 11) is 3.20. The lowest BCUT2D eigenvalue weighted by atomic mass is 10.1. The van der Waals surface area contributed by atoms with E-state index in [1.54, 1.807) is 20.4 Å². The molecule has 2 aromatic rings. The summed E-state index contributed by atoms with van der Waals surface area (Å²) in [5.41, 5.74) is 1.33. The van der Waals surface area contributed by atoms with Crippen LogP contribution in [0.2, 0.25) is 0 Å². The summed E-state index contributed by atoms with van der Waals surface area (Å²) in [5, 5.41) is 3.66. The number of hydrogen-bond donors (Lipinski definition) is 1. The quantitative estimate of drug-likeness (QED) is 0.830. The van der Waals surface area contributed by atoms with E-state index in [-0.39, 0.29) is 5.91 Å². The molecule has 0 fully saturated rings. The molecular formula is C14H16N2O3. The first-order valence-corrected chi connectivity index (χ1v) is 5.95. The number of amides is 1. The minimum Gasteiger partial charge on any atom is -0.497 e. The van der Waals surface area contributed by atoms with E-state index in [0.717, 1.165) is 16.7 Å². The van der Waals surface area contributed by atoms with E-state index in [2.05, 4.69) is 10.3 Å². The van der Waals surface area contributed by atoms with Crippen molar-refractivity contribution in [3.63, 3.8) is 0 Å². The van der Waals surface area contributed by atoms with Crippen LogP contribution in [0.5, 0.6) is 5.75 Å². The number of hydrogen-bond acceptors (Lipinski definition) is 4. The van der Waals surface area contributed by atoms with Crippen molar-refractivity contribution in [2.75, 3.05) is 27.4 Å². The summed E-state index contributed by atoms with van der Waals surface area (Å²) in [5.74, 6) is 0.597. The molecule has 0 atom stereocenters. The Morgan fingerprint density at radius 3 is 2.89 bits per heavy atom. The maximum absolute atomic E-state index is 11.9. The van der Waals surface area contributed by atoms with Gasteiger partial charge >= 0.3 is 0 Å². The Morgan fingerprint density at radius 2 is 2.16 bits per heavy atom. The molecule has 1 amide bonds. The second kappa shape index (κ2) is 6.15. The standard InChI is InChI=1S/C14H16N2O3/c1-18-6-5-15-14(17)11-7-10-3-4-12(19-2)8-13(10)16-9-11/h3-4,7-9H,5-6H2,1-2H3,(H,15,17). The van der Waals surface area contributed by atoms with Crippen LogP contribution in [0.3, 0.4) is 0 Å². The van der Waals surface area contributed by atoms with Crippen LogP contribution in [-0.2, 0) is 4.74 Å². The molecule has 1 aromatic carbocycles. The average molecular weight is 260 g/mol. The van der Waals surface area contributed by atoms with Crippen molar-refractivity contribution in [1.82, 2.24) is 10.3 Å². The Kier molecular flexibility index (Phi) is 4.30. The van der Waals surface area contributed by atoms with E-state index in [4.69, 9.17) is 9.47 Å². The smallest absolute Gasteiger partial charge is 0.252 e. The van der Waals surface area contributed by atoms with Crippen LogP contribution in [0.15, 0.2) is 30.5 Å². The molecule has 0 bridgehead atoms. The van der Waals surface area contributed by atoms with Gasteiger partial charge in [-0.25, -0.2) is 0 Å². The van der Waals surface area contributed by atoms with Gasteiger partial charge in [0.15, 0.2) is 0 Å². The third kappa shape index (κ3) is 3.20. The lowest BCUT2D eigenvalue weighted by Crippen LogP contribution is -2.26. The first kappa shape index (κ1) is 13.3. The van der Waals surface area contributed by atoms with E-state index >= 15 is 0 Å². The van der Waals surface area contributed by atoms with Crippen LogP contribution in [0.1, 0.15) is 10.4 Å². The zero-order valence-corrected chi connectivity index (χ0v) is 11.0. The molecule has 0 aliphatic rings. The SMILES string of the molecule is COCCNC(=O)c1cnc2cc(OC)ccc2c1. The van der Waals surface area contributed by atoms with E-state index in [1.807, 2.05) is 24.3 Å². The van der Waals surface area contributed by atoms with Crippen molar-refractivity contribution in [2.45, 2.75) is 0 Å². The number of methoxy groups -OCH3 is 2. The van der Waals surface area contributed by atoms with E-state index in [9.17, 15) is 4.79 Å². The minimum atomic E-state index is -0.151. The molecule has 19 heavy (non-hydrogen) atoms. The lowest BCUT2D eigenvalue weighted by Gasteiger charge is -2.06. The van der Waals surface area contributed by atoms with Crippen LogP contribution in [-0.4, -0.2) is 38.3 Å². The average Bonchev–Trinajstić information content (AvgIpc) is 2.46. The predicted molar refractivity (Wildman–Crippen MR) is 72.5 cm³/mol. The monoisotopic (exact) mass is 260 g/mol. The van der Waals surface area contributed by atoms with Gasteiger partial charge in [0, 0.05) is 31.3 Å². The first-order valence-electron chi connectivity index (χ1n) is 5.95. The number of nitrogens with zero attached hydrogens (tertiary/aromatic N) is 1. The Morgan fingerprint density at radius 1 is 1.32 bits per heavy atom. The highest BCUT2D eigenvalue weighted by Gasteiger charge is 2.07. The minimum absolute atomic E-state index is 0.151. The van der Waals surface area contributed by atoms with Gasteiger partial charge in [-0.2, -0.15) is 0 Å². The first-order chi connectivity index (χ1) is 9.24. The second-order valence-corrected chi connectivity index (χ2v) is 4.03. The third-order valence-electron chi connectivity index (χ3n) is 2.75. The molecular weight excluding hydrogens is 244 g/mol. The highest BCUT2D eigenvalue weighted by atomic mass is 16.5. The Balaban J connectivity index is 2.19. The van der Waals surface area contributed by atoms with Crippen molar-refractivity contribution in [2.24, 2.45) is 0 Å². The van der Waals surface area contributed by atoms with Gasteiger partial charge in [0.1, 0.15) is 5.75 Å². The van der Waals surface area contributed by atoms with Crippen LogP contribution >= 0.6 is 0 Å². The molecule has 0 saturated heterocycles. The summed E-state index contributed by atoms with van der Waals surface area (Å²) < 4.78 is 10.0. The maximum atomic E-state index is 11.9. The van der Waals surface area contributed by atoms with E-state index < -0.39 is 0 Å². The fourth-order valence-corrected chi connectivity index (χ4v) is 1.72. The zero-order valence-electron chi connectivity index (χ0n) is 11.0. The van der Waals surface area contributed by atoms with Crippen molar-refractivity contribution in [1.29, 1.82) is 0 Å². The normalized spacial score (nSPS) is 10.4. The number of aromatic nitrogens is 1. The largest absolute Gasteiger partial charge is 0.497 e. The number of ether oxygens (including phenoxy) is 2. The molecule has 1 heterocycles. The Labute approximate surface area is 111 Å². The van der Waals surface area contributed by atoms with Crippen LogP contribution < -0.4 is 10.1 Å². The maximum Gasteiger partial charge on any atom is 0.252 e. The number of carbonyl (C=O) groups is 1. The summed E-state index contributed by atoms with van der Waals surface area (Å²) in [6.07, 6.45) is 1.56.